The Bertz CT molecular complexity index is 397. The van der Waals surface area contributed by atoms with Crippen molar-refractivity contribution >= 4 is 0 Å². The molecule has 0 atom stereocenters. The van der Waals surface area contributed by atoms with Crippen molar-refractivity contribution in [1.82, 2.24) is 15.2 Å². The number of nitrogens with zero attached hydrogens (tertiary/aromatic N) is 2. The molecule has 1 fully saturated rings. The summed E-state index contributed by atoms with van der Waals surface area (Å²) in [4.78, 5) is 7.25. The van der Waals surface area contributed by atoms with E-state index in [-0.39, 0.29) is 0 Å². The molecule has 0 aromatic carbocycles. The van der Waals surface area contributed by atoms with Crippen molar-refractivity contribution in [3.05, 3.63) is 29.6 Å². The largest absolute Gasteiger partial charge is 0.314 e. The highest BCUT2D eigenvalue weighted by Crippen LogP contribution is 2.24. The minimum absolute atomic E-state index is 0.734. The molecule has 2 rings (SSSR count). The van der Waals surface area contributed by atoms with Gasteiger partial charge in [0, 0.05) is 24.3 Å². The molecular weight excluding hydrogens is 246 g/mol. The Labute approximate surface area is 123 Å². The fraction of sp³-hybridized carbons (Fsp3) is 0.706. The Kier molecular flexibility index (Phi) is 5.99. The number of rotatable bonds is 6. The van der Waals surface area contributed by atoms with Crippen molar-refractivity contribution in [2.45, 2.75) is 65.1 Å². The van der Waals surface area contributed by atoms with Crippen LogP contribution in [0.3, 0.4) is 0 Å². The maximum absolute atomic E-state index is 4.65. The van der Waals surface area contributed by atoms with Gasteiger partial charge < -0.3 is 5.32 Å². The molecule has 1 aromatic rings. The summed E-state index contributed by atoms with van der Waals surface area (Å²) < 4.78 is 0. The first-order valence-electron chi connectivity index (χ1n) is 8.12. The maximum Gasteiger partial charge on any atom is 0.0547 e. The van der Waals surface area contributed by atoms with E-state index in [1.807, 2.05) is 0 Å². The second-order valence-electron chi connectivity index (χ2n) is 5.90. The van der Waals surface area contributed by atoms with Gasteiger partial charge in [0.15, 0.2) is 0 Å². The lowest BCUT2D eigenvalue weighted by Gasteiger charge is -2.36. The molecule has 0 bridgehead atoms. The molecule has 1 aliphatic rings. The van der Waals surface area contributed by atoms with E-state index in [4.69, 9.17) is 0 Å². The Morgan fingerprint density at radius 1 is 1.20 bits per heavy atom. The van der Waals surface area contributed by atoms with Crippen LogP contribution >= 0.6 is 0 Å². The first kappa shape index (κ1) is 15.5. The summed E-state index contributed by atoms with van der Waals surface area (Å²) >= 11 is 0. The van der Waals surface area contributed by atoms with Crippen LogP contribution in [0, 0.1) is 6.92 Å². The number of nitrogens with one attached hydrogen (secondary N) is 1. The molecule has 0 aliphatic heterocycles. The molecule has 0 saturated heterocycles. The molecule has 1 heterocycles. The second kappa shape index (κ2) is 7.75. The molecule has 0 radical (unpaired) electrons. The van der Waals surface area contributed by atoms with Crippen LogP contribution in [0.25, 0.3) is 0 Å². The summed E-state index contributed by atoms with van der Waals surface area (Å²) in [5, 5.41) is 3.59. The van der Waals surface area contributed by atoms with E-state index in [0.717, 1.165) is 37.4 Å². The van der Waals surface area contributed by atoms with Crippen LogP contribution in [0.2, 0.25) is 0 Å². The smallest absolute Gasteiger partial charge is 0.0547 e. The zero-order valence-electron chi connectivity index (χ0n) is 13.2. The van der Waals surface area contributed by atoms with Crippen molar-refractivity contribution in [2.24, 2.45) is 0 Å². The fourth-order valence-corrected chi connectivity index (χ4v) is 3.33. The standard InChI is InChI=1S/C17H29N3/c1-4-18-15-9-11-17(12-10-15)20(5-2)13-16-8-6-7-14(3)19-16/h6-8,15,17-18H,4-5,9-13H2,1-3H3. The van der Waals surface area contributed by atoms with Gasteiger partial charge in [-0.1, -0.05) is 19.9 Å². The summed E-state index contributed by atoms with van der Waals surface area (Å²) in [5.74, 6) is 0. The minimum atomic E-state index is 0.734. The van der Waals surface area contributed by atoms with Crippen molar-refractivity contribution < 1.29 is 0 Å². The topological polar surface area (TPSA) is 28.2 Å². The molecule has 3 heteroatoms. The van der Waals surface area contributed by atoms with Gasteiger partial charge in [-0.25, -0.2) is 0 Å². The summed E-state index contributed by atoms with van der Waals surface area (Å²) in [6.45, 7) is 9.75. The molecule has 1 saturated carbocycles. The minimum Gasteiger partial charge on any atom is -0.314 e. The van der Waals surface area contributed by atoms with Gasteiger partial charge in [0.2, 0.25) is 0 Å². The van der Waals surface area contributed by atoms with Gasteiger partial charge >= 0.3 is 0 Å². The summed E-state index contributed by atoms with van der Waals surface area (Å²) in [7, 11) is 0. The van der Waals surface area contributed by atoms with Crippen LogP contribution in [0.4, 0.5) is 0 Å². The lowest BCUT2D eigenvalue weighted by Crippen LogP contribution is -2.42. The van der Waals surface area contributed by atoms with Crippen LogP contribution in [0.15, 0.2) is 18.2 Å². The van der Waals surface area contributed by atoms with E-state index >= 15 is 0 Å². The third-order valence-corrected chi connectivity index (χ3v) is 4.42. The van der Waals surface area contributed by atoms with Crippen molar-refractivity contribution in [3.63, 3.8) is 0 Å². The number of hydrogen-bond donors (Lipinski definition) is 1. The van der Waals surface area contributed by atoms with Crippen LogP contribution < -0.4 is 5.32 Å². The van der Waals surface area contributed by atoms with Gasteiger partial charge in [-0.2, -0.15) is 0 Å². The third kappa shape index (κ3) is 4.29. The molecule has 0 unspecified atom stereocenters. The zero-order chi connectivity index (χ0) is 14.4. The van der Waals surface area contributed by atoms with Crippen LogP contribution in [0.5, 0.6) is 0 Å². The monoisotopic (exact) mass is 275 g/mol. The molecule has 1 aromatic heterocycles. The molecule has 1 N–H and O–H groups in total. The average Bonchev–Trinajstić information content (AvgIpc) is 2.46. The van der Waals surface area contributed by atoms with E-state index < -0.39 is 0 Å². The fourth-order valence-electron chi connectivity index (χ4n) is 3.33. The van der Waals surface area contributed by atoms with Gasteiger partial charge in [-0.15, -0.1) is 0 Å². The van der Waals surface area contributed by atoms with E-state index in [9.17, 15) is 0 Å². The van der Waals surface area contributed by atoms with Gasteiger partial charge in [0.1, 0.15) is 0 Å². The van der Waals surface area contributed by atoms with Crippen LogP contribution in [0.1, 0.15) is 50.9 Å². The van der Waals surface area contributed by atoms with Crippen molar-refractivity contribution in [3.8, 4) is 0 Å². The van der Waals surface area contributed by atoms with Crippen molar-refractivity contribution in [2.75, 3.05) is 13.1 Å². The highest BCUT2D eigenvalue weighted by molar-refractivity contribution is 5.10. The molecule has 20 heavy (non-hydrogen) atoms. The predicted molar refractivity (Wildman–Crippen MR) is 84.8 cm³/mol. The molecule has 1 aliphatic carbocycles. The van der Waals surface area contributed by atoms with E-state index in [0.29, 0.717) is 0 Å². The maximum atomic E-state index is 4.65. The number of aromatic nitrogens is 1. The third-order valence-electron chi connectivity index (χ3n) is 4.42. The first-order valence-corrected chi connectivity index (χ1v) is 8.12. The van der Waals surface area contributed by atoms with Gasteiger partial charge in [0.05, 0.1) is 5.69 Å². The van der Waals surface area contributed by atoms with E-state index in [2.05, 4.69) is 54.2 Å². The Morgan fingerprint density at radius 2 is 1.95 bits per heavy atom. The Balaban J connectivity index is 1.89. The second-order valence-corrected chi connectivity index (χ2v) is 5.90. The predicted octanol–water partition coefficient (Wildman–Crippen LogP) is 3.13. The first-order chi connectivity index (χ1) is 9.72. The van der Waals surface area contributed by atoms with E-state index in [1.54, 1.807) is 0 Å². The van der Waals surface area contributed by atoms with Gasteiger partial charge in [-0.05, 0) is 57.8 Å². The normalized spacial score (nSPS) is 23.2. The van der Waals surface area contributed by atoms with E-state index in [1.165, 1.54) is 31.4 Å². The highest BCUT2D eigenvalue weighted by Gasteiger charge is 2.24. The SMILES string of the molecule is CCNC1CCC(N(CC)Cc2cccc(C)n2)CC1. The van der Waals surface area contributed by atoms with Crippen molar-refractivity contribution in [1.29, 1.82) is 0 Å². The van der Waals surface area contributed by atoms with Gasteiger partial charge in [-0.3, -0.25) is 9.88 Å². The van der Waals surface area contributed by atoms with Gasteiger partial charge in [0.25, 0.3) is 0 Å². The number of pyridine rings is 1. The lowest BCUT2D eigenvalue weighted by molar-refractivity contribution is 0.141. The molecule has 0 amide bonds. The lowest BCUT2D eigenvalue weighted by atomic mass is 9.90. The summed E-state index contributed by atoms with van der Waals surface area (Å²) in [6, 6.07) is 7.82. The summed E-state index contributed by atoms with van der Waals surface area (Å²) in [5.41, 5.74) is 2.33. The quantitative estimate of drug-likeness (QED) is 0.864. The highest BCUT2D eigenvalue weighted by atomic mass is 15.2. The molecule has 112 valence electrons. The molecular formula is C17H29N3. The number of aryl methyl sites for hydroxylation is 1. The molecule has 0 spiro atoms. The Hall–Kier alpha value is -0.930. The summed E-state index contributed by atoms with van der Waals surface area (Å²) in [6.07, 6.45) is 5.27. The average molecular weight is 275 g/mol. The van der Waals surface area contributed by atoms with Crippen LogP contribution in [-0.2, 0) is 6.54 Å². The molecule has 3 nitrogen and oxygen atoms in total. The Morgan fingerprint density at radius 3 is 2.55 bits per heavy atom. The number of hydrogen-bond acceptors (Lipinski definition) is 3. The van der Waals surface area contributed by atoms with Crippen LogP contribution in [-0.4, -0.2) is 35.1 Å². The zero-order valence-corrected chi connectivity index (χ0v) is 13.2.